The van der Waals surface area contributed by atoms with Crippen LogP contribution in [-0.2, 0) is 21.3 Å². The minimum atomic E-state index is -3.16. The third kappa shape index (κ3) is 3.42. The topological polar surface area (TPSA) is 80.2 Å². The van der Waals surface area contributed by atoms with Gasteiger partial charge in [0.2, 0.25) is 10.0 Å². The van der Waals surface area contributed by atoms with Crippen LogP contribution in [0.5, 0.6) is 0 Å². The smallest absolute Gasteiger partial charge is 0.211 e. The Hall–Kier alpha value is -0.770. The van der Waals surface area contributed by atoms with Crippen LogP contribution in [0.4, 0.5) is 0 Å². The Bertz CT molecular complexity index is 676. The van der Waals surface area contributed by atoms with Crippen molar-refractivity contribution in [2.24, 2.45) is 0 Å². The fourth-order valence-electron chi connectivity index (χ4n) is 3.26. The second-order valence-electron chi connectivity index (χ2n) is 6.09. The second kappa shape index (κ2) is 6.38. The molecule has 0 unspecified atom stereocenters. The van der Waals surface area contributed by atoms with Gasteiger partial charge in [-0.25, -0.2) is 12.7 Å². The fourth-order valence-corrected chi connectivity index (χ4v) is 4.39. The van der Waals surface area contributed by atoms with Gasteiger partial charge in [-0.1, -0.05) is 0 Å². The summed E-state index contributed by atoms with van der Waals surface area (Å²) >= 11 is 5.34. The van der Waals surface area contributed by atoms with Crippen molar-refractivity contribution in [3.05, 3.63) is 10.6 Å². The van der Waals surface area contributed by atoms with E-state index in [0.717, 1.165) is 38.1 Å². The number of sulfonamides is 1. The van der Waals surface area contributed by atoms with E-state index in [9.17, 15) is 8.42 Å². The van der Waals surface area contributed by atoms with Gasteiger partial charge in [0, 0.05) is 25.6 Å². The SMILES string of the molecule is CS(=O)(=O)N1CCC[C@H](c2n[nH]c(=S)n2C[C@@H]2CCCO2)C1. The van der Waals surface area contributed by atoms with Crippen LogP contribution in [0.2, 0.25) is 0 Å². The van der Waals surface area contributed by atoms with Gasteiger partial charge in [0.15, 0.2) is 4.77 Å². The van der Waals surface area contributed by atoms with Gasteiger partial charge in [-0.15, -0.1) is 0 Å². The first-order valence-corrected chi connectivity index (χ1v) is 9.92. The minimum Gasteiger partial charge on any atom is -0.376 e. The molecule has 22 heavy (non-hydrogen) atoms. The Morgan fingerprint density at radius 2 is 2.23 bits per heavy atom. The summed E-state index contributed by atoms with van der Waals surface area (Å²) < 4.78 is 33.4. The van der Waals surface area contributed by atoms with Crippen LogP contribution in [-0.4, -0.2) is 59.5 Å². The molecule has 0 radical (unpaired) electrons. The Kier molecular flexibility index (Phi) is 4.67. The van der Waals surface area contributed by atoms with Gasteiger partial charge in [0.1, 0.15) is 5.82 Å². The van der Waals surface area contributed by atoms with Crippen molar-refractivity contribution in [3.8, 4) is 0 Å². The molecule has 0 spiro atoms. The number of aromatic amines is 1. The van der Waals surface area contributed by atoms with Gasteiger partial charge in [-0.2, -0.15) is 5.10 Å². The predicted molar refractivity (Wildman–Crippen MR) is 84.8 cm³/mol. The molecular formula is C13H22N4O3S2. The number of hydrogen-bond acceptors (Lipinski definition) is 5. The van der Waals surface area contributed by atoms with Crippen LogP contribution in [0.3, 0.4) is 0 Å². The molecule has 2 atom stereocenters. The highest BCUT2D eigenvalue weighted by Gasteiger charge is 2.30. The average Bonchev–Trinajstić information content (AvgIpc) is 3.10. The van der Waals surface area contributed by atoms with Crippen molar-refractivity contribution in [3.63, 3.8) is 0 Å². The van der Waals surface area contributed by atoms with Gasteiger partial charge in [-0.05, 0) is 37.9 Å². The Morgan fingerprint density at radius 1 is 1.41 bits per heavy atom. The molecule has 0 amide bonds. The van der Waals surface area contributed by atoms with Crippen molar-refractivity contribution < 1.29 is 13.2 Å². The molecule has 9 heteroatoms. The van der Waals surface area contributed by atoms with E-state index in [1.54, 1.807) is 0 Å². The van der Waals surface area contributed by atoms with Crippen LogP contribution in [0.15, 0.2) is 0 Å². The largest absolute Gasteiger partial charge is 0.376 e. The third-order valence-electron chi connectivity index (χ3n) is 4.42. The normalized spacial score (nSPS) is 27.3. The number of aromatic nitrogens is 3. The van der Waals surface area contributed by atoms with E-state index in [4.69, 9.17) is 17.0 Å². The van der Waals surface area contributed by atoms with Crippen molar-refractivity contribution in [1.29, 1.82) is 0 Å². The van der Waals surface area contributed by atoms with Crippen LogP contribution < -0.4 is 0 Å². The van der Waals surface area contributed by atoms with Crippen molar-refractivity contribution >= 4 is 22.2 Å². The van der Waals surface area contributed by atoms with Crippen molar-refractivity contribution in [1.82, 2.24) is 19.1 Å². The number of H-pyrrole nitrogens is 1. The van der Waals surface area contributed by atoms with Crippen LogP contribution in [0, 0.1) is 4.77 Å². The standard InChI is InChI=1S/C13H22N4O3S2/c1-22(18,19)16-6-2-4-10(8-16)12-14-15-13(21)17(12)9-11-5-3-7-20-11/h10-11H,2-9H2,1H3,(H,15,21)/t10-,11-/m0/s1. The zero-order valence-electron chi connectivity index (χ0n) is 12.7. The maximum atomic E-state index is 11.8. The van der Waals surface area contributed by atoms with E-state index in [1.165, 1.54) is 10.6 Å². The van der Waals surface area contributed by atoms with Crippen molar-refractivity contribution in [2.45, 2.75) is 44.2 Å². The van der Waals surface area contributed by atoms with E-state index in [0.29, 0.717) is 24.4 Å². The summed E-state index contributed by atoms with van der Waals surface area (Å²) in [5.74, 6) is 0.937. The summed E-state index contributed by atoms with van der Waals surface area (Å²) in [6, 6.07) is 0. The number of ether oxygens (including phenoxy) is 1. The van der Waals surface area contributed by atoms with Gasteiger partial charge in [0.05, 0.1) is 18.9 Å². The molecule has 1 aromatic heterocycles. The molecule has 0 aliphatic carbocycles. The number of hydrogen-bond donors (Lipinski definition) is 1. The molecule has 3 heterocycles. The van der Waals surface area contributed by atoms with E-state index in [1.807, 2.05) is 4.57 Å². The summed E-state index contributed by atoms with van der Waals surface area (Å²) in [6.45, 7) is 2.56. The zero-order valence-corrected chi connectivity index (χ0v) is 14.3. The lowest BCUT2D eigenvalue weighted by Crippen LogP contribution is -2.39. The van der Waals surface area contributed by atoms with Gasteiger partial charge in [0.25, 0.3) is 0 Å². The highest BCUT2D eigenvalue weighted by Crippen LogP contribution is 2.27. The molecule has 7 nitrogen and oxygen atoms in total. The molecule has 2 fully saturated rings. The van der Waals surface area contributed by atoms with E-state index in [2.05, 4.69) is 10.2 Å². The molecule has 2 aliphatic heterocycles. The third-order valence-corrected chi connectivity index (χ3v) is 6.00. The van der Waals surface area contributed by atoms with Crippen molar-refractivity contribution in [2.75, 3.05) is 26.0 Å². The fraction of sp³-hybridized carbons (Fsp3) is 0.846. The molecular weight excluding hydrogens is 324 g/mol. The Morgan fingerprint density at radius 3 is 2.91 bits per heavy atom. The highest BCUT2D eigenvalue weighted by molar-refractivity contribution is 7.88. The second-order valence-corrected chi connectivity index (χ2v) is 8.46. The maximum absolute atomic E-state index is 11.8. The van der Waals surface area contributed by atoms with Gasteiger partial charge < -0.3 is 9.30 Å². The summed E-state index contributed by atoms with van der Waals surface area (Å²) in [4.78, 5) is 0. The summed E-state index contributed by atoms with van der Waals surface area (Å²) in [5.41, 5.74) is 0. The molecule has 0 aromatic carbocycles. The number of nitrogens with zero attached hydrogens (tertiary/aromatic N) is 3. The monoisotopic (exact) mass is 346 g/mol. The maximum Gasteiger partial charge on any atom is 0.211 e. The highest BCUT2D eigenvalue weighted by atomic mass is 32.2. The number of nitrogens with one attached hydrogen (secondary N) is 1. The summed E-state index contributed by atoms with van der Waals surface area (Å²) in [6.07, 6.45) is 5.33. The van der Waals surface area contributed by atoms with Gasteiger partial charge >= 0.3 is 0 Å². The lowest BCUT2D eigenvalue weighted by Gasteiger charge is -2.30. The first-order chi connectivity index (χ1) is 10.4. The number of rotatable bonds is 4. The average molecular weight is 346 g/mol. The molecule has 0 bridgehead atoms. The lowest BCUT2D eigenvalue weighted by molar-refractivity contribution is 0.0952. The Balaban J connectivity index is 1.80. The van der Waals surface area contributed by atoms with Crippen LogP contribution >= 0.6 is 12.2 Å². The zero-order chi connectivity index (χ0) is 15.7. The minimum absolute atomic E-state index is 0.0813. The first-order valence-electron chi connectivity index (χ1n) is 7.67. The lowest BCUT2D eigenvalue weighted by atomic mass is 9.98. The quantitative estimate of drug-likeness (QED) is 0.830. The molecule has 1 N–H and O–H groups in total. The van der Waals surface area contributed by atoms with E-state index < -0.39 is 10.0 Å². The van der Waals surface area contributed by atoms with Crippen LogP contribution in [0.25, 0.3) is 0 Å². The van der Waals surface area contributed by atoms with E-state index >= 15 is 0 Å². The summed E-state index contributed by atoms with van der Waals surface area (Å²) in [7, 11) is -3.16. The molecule has 2 aliphatic rings. The Labute approximate surface area is 135 Å². The van der Waals surface area contributed by atoms with Gasteiger partial charge in [-0.3, -0.25) is 5.10 Å². The molecule has 0 saturated carbocycles. The predicted octanol–water partition coefficient (Wildman–Crippen LogP) is 1.26. The first kappa shape index (κ1) is 16.1. The van der Waals surface area contributed by atoms with Crippen LogP contribution in [0.1, 0.15) is 37.4 Å². The molecule has 124 valence electrons. The molecule has 3 rings (SSSR count). The van der Waals surface area contributed by atoms with E-state index in [-0.39, 0.29) is 12.0 Å². The summed E-state index contributed by atoms with van der Waals surface area (Å²) in [5, 5.41) is 7.22. The number of piperidine rings is 1. The molecule has 2 saturated heterocycles. The molecule has 1 aromatic rings.